The predicted octanol–water partition coefficient (Wildman–Crippen LogP) is 4.43. The molecule has 22 heavy (non-hydrogen) atoms. The van der Waals surface area contributed by atoms with E-state index in [9.17, 15) is 13.2 Å². The molecule has 2 aromatic carbocycles. The molecule has 2 nitrogen and oxygen atoms in total. The monoisotopic (exact) mass is 307 g/mol. The number of ether oxygens (including phenoxy) is 1. The van der Waals surface area contributed by atoms with Gasteiger partial charge < -0.3 is 10.1 Å². The molecule has 1 atom stereocenters. The van der Waals surface area contributed by atoms with Crippen LogP contribution in [0.5, 0.6) is 5.75 Å². The third-order valence-corrected chi connectivity index (χ3v) is 3.67. The number of rotatable bonds is 2. The molecule has 1 heterocycles. The van der Waals surface area contributed by atoms with Gasteiger partial charge in [-0.3, -0.25) is 0 Å². The van der Waals surface area contributed by atoms with Gasteiger partial charge in [-0.1, -0.05) is 24.3 Å². The fourth-order valence-corrected chi connectivity index (χ4v) is 2.57. The number of hydrogen-bond acceptors (Lipinski definition) is 2. The number of alkyl halides is 3. The van der Waals surface area contributed by atoms with Crippen molar-refractivity contribution < 1.29 is 17.9 Å². The summed E-state index contributed by atoms with van der Waals surface area (Å²) in [6, 6.07) is 11.3. The van der Waals surface area contributed by atoms with E-state index in [1.807, 2.05) is 25.1 Å². The first-order chi connectivity index (χ1) is 10.4. The molecule has 0 saturated carbocycles. The van der Waals surface area contributed by atoms with Gasteiger partial charge in [0.25, 0.3) is 0 Å². The van der Waals surface area contributed by atoms with Crippen molar-refractivity contribution in [3.8, 4) is 5.75 Å². The largest absolute Gasteiger partial charge is 0.486 e. The van der Waals surface area contributed by atoms with Crippen molar-refractivity contribution in [2.24, 2.45) is 0 Å². The number of aryl methyl sites for hydroxylation is 1. The summed E-state index contributed by atoms with van der Waals surface area (Å²) in [5, 5.41) is 3.26. The fourth-order valence-electron chi connectivity index (χ4n) is 2.57. The average Bonchev–Trinajstić information content (AvgIpc) is 2.46. The van der Waals surface area contributed by atoms with Crippen LogP contribution in [0.25, 0.3) is 0 Å². The number of nitrogens with one attached hydrogen (secondary N) is 1. The van der Waals surface area contributed by atoms with E-state index in [1.54, 1.807) is 6.07 Å². The molecule has 1 aliphatic heterocycles. The average molecular weight is 307 g/mol. The van der Waals surface area contributed by atoms with Gasteiger partial charge in [0, 0.05) is 6.42 Å². The van der Waals surface area contributed by atoms with E-state index in [4.69, 9.17) is 4.74 Å². The van der Waals surface area contributed by atoms with Crippen molar-refractivity contribution in [3.05, 3.63) is 59.2 Å². The Morgan fingerprint density at radius 3 is 2.77 bits per heavy atom. The highest BCUT2D eigenvalue weighted by Crippen LogP contribution is 2.32. The van der Waals surface area contributed by atoms with Crippen LogP contribution in [0.2, 0.25) is 0 Å². The molecule has 3 rings (SSSR count). The highest BCUT2D eigenvalue weighted by Gasteiger charge is 2.30. The van der Waals surface area contributed by atoms with Crippen molar-refractivity contribution in [2.45, 2.75) is 25.6 Å². The molecule has 1 N–H and O–H groups in total. The van der Waals surface area contributed by atoms with Crippen molar-refractivity contribution in [1.82, 2.24) is 0 Å². The maximum Gasteiger partial charge on any atom is 0.416 e. The molecule has 5 heteroatoms. The van der Waals surface area contributed by atoms with E-state index in [-0.39, 0.29) is 6.10 Å². The molecule has 0 radical (unpaired) electrons. The highest BCUT2D eigenvalue weighted by atomic mass is 19.4. The van der Waals surface area contributed by atoms with Crippen LogP contribution in [0, 0.1) is 6.92 Å². The summed E-state index contributed by atoms with van der Waals surface area (Å²) in [5.74, 6) is 0.753. The zero-order valence-electron chi connectivity index (χ0n) is 12.1. The SMILES string of the molecule is Cc1ccc2c(c1)OC(Cc1cccc(C(F)(F)F)c1)CN2. The van der Waals surface area contributed by atoms with Gasteiger partial charge in [-0.15, -0.1) is 0 Å². The smallest absolute Gasteiger partial charge is 0.416 e. The third kappa shape index (κ3) is 3.18. The van der Waals surface area contributed by atoms with Crippen LogP contribution >= 0.6 is 0 Å². The van der Waals surface area contributed by atoms with E-state index >= 15 is 0 Å². The van der Waals surface area contributed by atoms with Crippen LogP contribution in [-0.4, -0.2) is 12.6 Å². The minimum absolute atomic E-state index is 0.183. The van der Waals surface area contributed by atoms with E-state index < -0.39 is 11.7 Å². The number of hydrogen-bond donors (Lipinski definition) is 1. The van der Waals surface area contributed by atoms with Gasteiger partial charge >= 0.3 is 6.18 Å². The molecule has 2 aromatic rings. The lowest BCUT2D eigenvalue weighted by molar-refractivity contribution is -0.137. The lowest BCUT2D eigenvalue weighted by atomic mass is 10.0. The second kappa shape index (κ2) is 5.55. The molecular formula is C17H16F3NO. The molecule has 0 aromatic heterocycles. The van der Waals surface area contributed by atoms with Crippen LogP contribution < -0.4 is 10.1 Å². The zero-order chi connectivity index (χ0) is 15.7. The van der Waals surface area contributed by atoms with E-state index in [2.05, 4.69) is 5.32 Å². The second-order valence-corrected chi connectivity index (χ2v) is 5.52. The molecule has 1 aliphatic rings. The Morgan fingerprint density at radius 2 is 2.00 bits per heavy atom. The predicted molar refractivity (Wildman–Crippen MR) is 79.2 cm³/mol. The molecule has 116 valence electrons. The molecule has 1 unspecified atom stereocenters. The molecule has 0 fully saturated rings. The van der Waals surface area contributed by atoms with Crippen LogP contribution in [-0.2, 0) is 12.6 Å². The topological polar surface area (TPSA) is 21.3 Å². The van der Waals surface area contributed by atoms with Crippen LogP contribution in [0.15, 0.2) is 42.5 Å². The van der Waals surface area contributed by atoms with Crippen molar-refractivity contribution in [2.75, 3.05) is 11.9 Å². The standard InChI is InChI=1S/C17H16F3NO/c1-11-5-6-15-16(7-11)22-14(10-21-15)9-12-3-2-4-13(8-12)17(18,19)20/h2-8,14,21H,9-10H2,1H3. The number of anilines is 1. The Morgan fingerprint density at radius 1 is 1.18 bits per heavy atom. The Balaban J connectivity index is 1.75. The lowest BCUT2D eigenvalue weighted by Crippen LogP contribution is -2.32. The number of fused-ring (bicyclic) bond motifs is 1. The molecule has 0 amide bonds. The normalized spacial score (nSPS) is 17.4. The summed E-state index contributed by atoms with van der Waals surface area (Å²) in [6.07, 6.45) is -4.06. The summed E-state index contributed by atoms with van der Waals surface area (Å²) in [5.41, 5.74) is 2.01. The van der Waals surface area contributed by atoms with Crippen LogP contribution in [0.1, 0.15) is 16.7 Å². The molecular weight excluding hydrogens is 291 g/mol. The summed E-state index contributed by atoms with van der Waals surface area (Å²) >= 11 is 0. The Bertz CT molecular complexity index is 682. The second-order valence-electron chi connectivity index (χ2n) is 5.52. The Hall–Kier alpha value is -2.17. The van der Waals surface area contributed by atoms with E-state index in [0.29, 0.717) is 18.5 Å². The summed E-state index contributed by atoms with van der Waals surface area (Å²) in [6.45, 7) is 2.55. The summed E-state index contributed by atoms with van der Waals surface area (Å²) in [7, 11) is 0. The van der Waals surface area contributed by atoms with E-state index in [0.717, 1.165) is 23.1 Å². The minimum atomic E-state index is -4.31. The molecule has 0 saturated heterocycles. The molecule has 0 bridgehead atoms. The first-order valence-electron chi connectivity index (χ1n) is 7.09. The van der Waals surface area contributed by atoms with Gasteiger partial charge in [0.15, 0.2) is 0 Å². The van der Waals surface area contributed by atoms with Gasteiger partial charge in [0.05, 0.1) is 17.8 Å². The third-order valence-electron chi connectivity index (χ3n) is 3.67. The first-order valence-corrected chi connectivity index (χ1v) is 7.09. The van der Waals surface area contributed by atoms with Crippen molar-refractivity contribution >= 4 is 5.69 Å². The summed E-state index contributed by atoms with van der Waals surface area (Å²) < 4.78 is 44.1. The van der Waals surface area contributed by atoms with Gasteiger partial charge in [-0.2, -0.15) is 13.2 Å². The van der Waals surface area contributed by atoms with Gasteiger partial charge in [-0.05, 0) is 36.2 Å². The van der Waals surface area contributed by atoms with Gasteiger partial charge in [0.2, 0.25) is 0 Å². The first kappa shape index (κ1) is 14.8. The van der Waals surface area contributed by atoms with Crippen LogP contribution in [0.4, 0.5) is 18.9 Å². The Kier molecular flexibility index (Phi) is 3.72. The Labute approximate surface area is 126 Å². The molecule has 0 aliphatic carbocycles. The van der Waals surface area contributed by atoms with Gasteiger partial charge in [0.1, 0.15) is 11.9 Å². The van der Waals surface area contributed by atoms with Crippen LogP contribution in [0.3, 0.4) is 0 Å². The summed E-state index contributed by atoms with van der Waals surface area (Å²) in [4.78, 5) is 0. The highest BCUT2D eigenvalue weighted by molar-refractivity contribution is 5.59. The van der Waals surface area contributed by atoms with Gasteiger partial charge in [-0.25, -0.2) is 0 Å². The lowest BCUT2D eigenvalue weighted by Gasteiger charge is -2.28. The van der Waals surface area contributed by atoms with Crippen molar-refractivity contribution in [3.63, 3.8) is 0 Å². The quantitative estimate of drug-likeness (QED) is 0.886. The van der Waals surface area contributed by atoms with Crippen molar-refractivity contribution in [1.29, 1.82) is 0 Å². The zero-order valence-corrected chi connectivity index (χ0v) is 12.1. The fraction of sp³-hybridized carbons (Fsp3) is 0.294. The number of benzene rings is 2. The minimum Gasteiger partial charge on any atom is -0.486 e. The maximum absolute atomic E-state index is 12.7. The number of halogens is 3. The molecule has 0 spiro atoms. The maximum atomic E-state index is 12.7. The van der Waals surface area contributed by atoms with E-state index in [1.165, 1.54) is 12.1 Å².